The molecule has 0 bridgehead atoms. The third-order valence-electron chi connectivity index (χ3n) is 3.89. The fourth-order valence-electron chi connectivity index (χ4n) is 2.76. The molecule has 24 heavy (non-hydrogen) atoms. The molecule has 6 nitrogen and oxygen atoms in total. The Morgan fingerprint density at radius 1 is 1.17 bits per heavy atom. The number of halogens is 1. The van der Waals surface area contributed by atoms with Gasteiger partial charge in [0, 0.05) is 11.3 Å². The molecule has 0 fully saturated rings. The third kappa shape index (κ3) is 3.25. The first-order chi connectivity index (χ1) is 11.5. The highest BCUT2D eigenvalue weighted by molar-refractivity contribution is 9.10. The second-order valence-electron chi connectivity index (χ2n) is 5.24. The number of aromatic nitrogens is 1. The first-order valence-corrected chi connectivity index (χ1v) is 8.31. The Morgan fingerprint density at radius 3 is 2.38 bits per heavy atom. The van der Waals surface area contributed by atoms with Gasteiger partial charge in [0.05, 0.1) is 30.9 Å². The maximum Gasteiger partial charge on any atom is 0.355 e. The van der Waals surface area contributed by atoms with E-state index in [2.05, 4.69) is 20.9 Å². The number of nitrogens with one attached hydrogen (secondary N) is 1. The van der Waals surface area contributed by atoms with Crippen LogP contribution in [0.25, 0.3) is 11.1 Å². The van der Waals surface area contributed by atoms with Gasteiger partial charge in [-0.2, -0.15) is 0 Å². The SMILES string of the molecule is CCOC(=O)c1[nH]c(C)c(-c2ccc(CO)c(CO)c2CO)c1Br. The van der Waals surface area contributed by atoms with Crippen molar-refractivity contribution in [1.82, 2.24) is 4.98 Å². The molecular formula is C17H20BrNO5. The molecule has 1 aromatic heterocycles. The van der Waals surface area contributed by atoms with Crippen LogP contribution in [0.5, 0.6) is 0 Å². The highest BCUT2D eigenvalue weighted by Gasteiger charge is 2.23. The van der Waals surface area contributed by atoms with Crippen molar-refractivity contribution in [3.8, 4) is 11.1 Å². The zero-order valence-corrected chi connectivity index (χ0v) is 15.1. The lowest BCUT2D eigenvalue weighted by atomic mass is 9.92. The fraction of sp³-hybridized carbons (Fsp3) is 0.353. The average molecular weight is 398 g/mol. The summed E-state index contributed by atoms with van der Waals surface area (Å²) in [5.41, 5.74) is 3.96. The molecule has 0 aliphatic heterocycles. The Morgan fingerprint density at radius 2 is 1.83 bits per heavy atom. The Hall–Kier alpha value is -1.67. The van der Waals surface area contributed by atoms with E-state index in [1.807, 2.05) is 6.92 Å². The summed E-state index contributed by atoms with van der Waals surface area (Å²) in [6, 6.07) is 3.45. The van der Waals surface area contributed by atoms with Gasteiger partial charge >= 0.3 is 5.97 Å². The zero-order valence-electron chi connectivity index (χ0n) is 13.5. The molecule has 0 radical (unpaired) electrons. The van der Waals surface area contributed by atoms with Crippen molar-refractivity contribution in [2.45, 2.75) is 33.7 Å². The first-order valence-electron chi connectivity index (χ1n) is 7.51. The minimum absolute atomic E-state index is 0.232. The summed E-state index contributed by atoms with van der Waals surface area (Å²) < 4.78 is 5.56. The van der Waals surface area contributed by atoms with Gasteiger partial charge in [-0.05, 0) is 52.0 Å². The van der Waals surface area contributed by atoms with Gasteiger partial charge in [-0.25, -0.2) is 4.79 Å². The summed E-state index contributed by atoms with van der Waals surface area (Å²) in [7, 11) is 0. The molecule has 0 aliphatic rings. The maximum atomic E-state index is 12.0. The first kappa shape index (κ1) is 18.7. The van der Waals surface area contributed by atoms with Crippen LogP contribution in [0.2, 0.25) is 0 Å². The largest absolute Gasteiger partial charge is 0.461 e. The minimum Gasteiger partial charge on any atom is -0.461 e. The van der Waals surface area contributed by atoms with E-state index in [9.17, 15) is 20.1 Å². The van der Waals surface area contributed by atoms with E-state index < -0.39 is 5.97 Å². The molecule has 0 amide bonds. The number of esters is 1. The molecule has 1 heterocycles. The summed E-state index contributed by atoms with van der Waals surface area (Å²) in [5.74, 6) is -0.473. The van der Waals surface area contributed by atoms with Crippen molar-refractivity contribution in [1.29, 1.82) is 0 Å². The minimum atomic E-state index is -0.473. The highest BCUT2D eigenvalue weighted by atomic mass is 79.9. The van der Waals surface area contributed by atoms with E-state index >= 15 is 0 Å². The van der Waals surface area contributed by atoms with Gasteiger partial charge < -0.3 is 25.0 Å². The molecule has 4 N–H and O–H groups in total. The van der Waals surface area contributed by atoms with E-state index in [0.717, 1.165) is 5.69 Å². The zero-order chi connectivity index (χ0) is 17.9. The second-order valence-corrected chi connectivity index (χ2v) is 6.03. The van der Waals surface area contributed by atoms with Crippen molar-refractivity contribution >= 4 is 21.9 Å². The van der Waals surface area contributed by atoms with Gasteiger partial charge in [0.2, 0.25) is 0 Å². The summed E-state index contributed by atoms with van der Waals surface area (Å²) in [6.45, 7) is 2.97. The molecule has 0 atom stereocenters. The summed E-state index contributed by atoms with van der Waals surface area (Å²) in [6.07, 6.45) is 0. The van der Waals surface area contributed by atoms with Crippen LogP contribution in [0.4, 0.5) is 0 Å². The number of H-pyrrole nitrogens is 1. The topological polar surface area (TPSA) is 103 Å². The average Bonchev–Trinajstić information content (AvgIpc) is 2.88. The molecule has 0 aliphatic carbocycles. The summed E-state index contributed by atoms with van der Waals surface area (Å²) in [5, 5.41) is 28.8. The number of ether oxygens (including phenoxy) is 1. The molecule has 130 valence electrons. The highest BCUT2D eigenvalue weighted by Crippen LogP contribution is 2.38. The van der Waals surface area contributed by atoms with Crippen LogP contribution in [0, 0.1) is 6.92 Å². The number of aliphatic hydroxyl groups excluding tert-OH is 3. The molecule has 0 unspecified atom stereocenters. The van der Waals surface area contributed by atoms with Gasteiger partial charge in [0.1, 0.15) is 5.69 Å². The van der Waals surface area contributed by atoms with Crippen molar-refractivity contribution in [2.75, 3.05) is 6.61 Å². The Labute approximate surface area is 148 Å². The van der Waals surface area contributed by atoms with E-state index in [1.165, 1.54) is 0 Å². The Bertz CT molecular complexity index is 754. The van der Waals surface area contributed by atoms with Gasteiger partial charge in [0.25, 0.3) is 0 Å². The van der Waals surface area contributed by atoms with Crippen LogP contribution >= 0.6 is 15.9 Å². The lowest BCUT2D eigenvalue weighted by molar-refractivity contribution is 0.0519. The third-order valence-corrected chi connectivity index (χ3v) is 4.68. The van der Waals surface area contributed by atoms with Gasteiger partial charge in [-0.15, -0.1) is 0 Å². The molecule has 2 aromatic rings. The van der Waals surface area contributed by atoms with E-state index in [0.29, 0.717) is 38.0 Å². The number of carbonyl (C=O) groups excluding carboxylic acids is 1. The van der Waals surface area contributed by atoms with E-state index in [1.54, 1.807) is 19.1 Å². The van der Waals surface area contributed by atoms with Crippen LogP contribution < -0.4 is 0 Å². The number of hydrogen-bond donors (Lipinski definition) is 4. The van der Waals surface area contributed by atoms with Crippen LogP contribution in [0.1, 0.15) is 39.8 Å². The summed E-state index contributed by atoms with van der Waals surface area (Å²) >= 11 is 3.43. The van der Waals surface area contributed by atoms with Crippen LogP contribution in [0.3, 0.4) is 0 Å². The smallest absolute Gasteiger partial charge is 0.355 e. The van der Waals surface area contributed by atoms with Crippen LogP contribution in [-0.4, -0.2) is 32.9 Å². The number of carbonyl (C=O) groups is 1. The van der Waals surface area contributed by atoms with Crippen molar-refractivity contribution in [3.05, 3.63) is 44.7 Å². The molecule has 7 heteroatoms. The van der Waals surface area contributed by atoms with Crippen LogP contribution in [0.15, 0.2) is 16.6 Å². The predicted molar refractivity (Wildman–Crippen MR) is 92.4 cm³/mol. The molecule has 1 aromatic carbocycles. The number of aromatic amines is 1. The predicted octanol–water partition coefficient (Wildman–Crippen LogP) is 2.41. The molecule has 0 spiro atoms. The van der Waals surface area contributed by atoms with Crippen molar-refractivity contribution < 1.29 is 24.9 Å². The molecule has 0 saturated carbocycles. The second kappa shape index (κ2) is 7.94. The molecule has 2 rings (SSSR count). The lowest BCUT2D eigenvalue weighted by Gasteiger charge is -2.16. The number of aliphatic hydroxyl groups is 3. The fourth-order valence-corrected chi connectivity index (χ4v) is 3.53. The van der Waals surface area contributed by atoms with Crippen molar-refractivity contribution in [2.24, 2.45) is 0 Å². The standard InChI is InChI=1S/C17H20BrNO5/c1-3-24-17(23)16-15(18)14(9(2)19-16)11-5-4-10(6-20)12(7-21)13(11)8-22/h4-5,19-22H,3,6-8H2,1-2H3. The Balaban J connectivity index is 2.67. The normalized spacial score (nSPS) is 10.9. The number of benzene rings is 1. The summed E-state index contributed by atoms with van der Waals surface area (Å²) in [4.78, 5) is 15.0. The van der Waals surface area contributed by atoms with Crippen molar-refractivity contribution in [3.63, 3.8) is 0 Å². The Kier molecular flexibility index (Phi) is 6.17. The number of rotatable bonds is 6. The molecule has 0 saturated heterocycles. The number of aryl methyl sites for hydroxylation is 1. The van der Waals surface area contributed by atoms with Crippen LogP contribution in [-0.2, 0) is 24.6 Å². The van der Waals surface area contributed by atoms with E-state index in [-0.39, 0.29) is 26.4 Å². The maximum absolute atomic E-state index is 12.0. The monoisotopic (exact) mass is 397 g/mol. The quantitative estimate of drug-likeness (QED) is 0.560. The van der Waals surface area contributed by atoms with Gasteiger partial charge in [-0.3, -0.25) is 0 Å². The number of hydrogen-bond acceptors (Lipinski definition) is 5. The van der Waals surface area contributed by atoms with Gasteiger partial charge in [-0.1, -0.05) is 12.1 Å². The molecular weight excluding hydrogens is 378 g/mol. The van der Waals surface area contributed by atoms with Gasteiger partial charge in [0.15, 0.2) is 0 Å². The van der Waals surface area contributed by atoms with E-state index in [4.69, 9.17) is 4.74 Å². The lowest BCUT2D eigenvalue weighted by Crippen LogP contribution is -2.06.